The van der Waals surface area contributed by atoms with Gasteiger partial charge in [0.25, 0.3) is 0 Å². The molecule has 1 atom stereocenters. The maximum Gasteiger partial charge on any atom is 0.247 e. The number of nitrogens with zero attached hydrogens (tertiary/aromatic N) is 2. The topological polar surface area (TPSA) is 51.0 Å². The van der Waals surface area contributed by atoms with Crippen LogP contribution in [-0.4, -0.2) is 10.2 Å². The predicted octanol–water partition coefficient (Wildman–Crippen LogP) is 5.87. The molecule has 4 rings (SSSR count). The molecule has 0 unspecified atom stereocenters. The van der Waals surface area contributed by atoms with E-state index in [1.54, 1.807) is 18.2 Å². The van der Waals surface area contributed by atoms with E-state index in [0.29, 0.717) is 17.1 Å². The van der Waals surface area contributed by atoms with Crippen molar-refractivity contribution in [1.82, 2.24) is 10.2 Å². The van der Waals surface area contributed by atoms with Gasteiger partial charge in [-0.3, -0.25) is 0 Å². The Bertz CT molecular complexity index is 1100. The largest absolute Gasteiger partial charge is 0.418 e. The fourth-order valence-electron chi connectivity index (χ4n) is 2.79. The lowest BCUT2D eigenvalue weighted by molar-refractivity contribution is 0.485. The van der Waals surface area contributed by atoms with Gasteiger partial charge in [0.05, 0.1) is 10.7 Å². The number of nitrogens with one attached hydrogen (secondary N) is 1. The number of hydrogen-bond acceptors (Lipinski definition) is 4. The zero-order valence-corrected chi connectivity index (χ0v) is 15.2. The Balaban J connectivity index is 1.76. The van der Waals surface area contributed by atoms with Gasteiger partial charge in [0.2, 0.25) is 11.8 Å². The minimum Gasteiger partial charge on any atom is -0.418 e. The van der Waals surface area contributed by atoms with Gasteiger partial charge in [0.15, 0.2) is 0 Å². The molecule has 0 aliphatic carbocycles. The molecule has 1 heterocycles. The molecule has 4 nitrogen and oxygen atoms in total. The first-order chi connectivity index (χ1) is 13.6. The average molecular weight is 398 g/mol. The van der Waals surface area contributed by atoms with E-state index >= 15 is 0 Å². The minimum atomic E-state index is -0.811. The van der Waals surface area contributed by atoms with Crippen molar-refractivity contribution >= 4 is 17.3 Å². The van der Waals surface area contributed by atoms with E-state index in [1.807, 2.05) is 30.3 Å². The number of halogens is 3. The van der Waals surface area contributed by atoms with Gasteiger partial charge in [0.1, 0.15) is 17.7 Å². The van der Waals surface area contributed by atoms with Gasteiger partial charge in [-0.2, -0.15) is 0 Å². The van der Waals surface area contributed by atoms with Crippen molar-refractivity contribution in [2.75, 3.05) is 5.32 Å². The molecule has 0 saturated heterocycles. The molecule has 140 valence electrons. The third-order valence-corrected chi connectivity index (χ3v) is 4.47. The van der Waals surface area contributed by atoms with Crippen molar-refractivity contribution < 1.29 is 13.2 Å². The molecule has 0 bridgehead atoms. The molecule has 1 N–H and O–H groups in total. The molecule has 3 aromatic carbocycles. The smallest absolute Gasteiger partial charge is 0.247 e. The maximum absolute atomic E-state index is 14.5. The number of rotatable bonds is 5. The van der Waals surface area contributed by atoms with Gasteiger partial charge < -0.3 is 9.73 Å². The van der Waals surface area contributed by atoms with Crippen LogP contribution >= 0.6 is 11.6 Å². The van der Waals surface area contributed by atoms with Crippen LogP contribution in [0.2, 0.25) is 5.02 Å². The fraction of sp³-hybridized carbons (Fsp3) is 0.0476. The third-order valence-electron chi connectivity index (χ3n) is 4.16. The quantitative estimate of drug-likeness (QED) is 0.457. The van der Waals surface area contributed by atoms with E-state index in [0.717, 1.165) is 5.56 Å². The second kappa shape index (κ2) is 7.78. The summed E-state index contributed by atoms with van der Waals surface area (Å²) in [6.07, 6.45) is 0. The lowest BCUT2D eigenvalue weighted by Gasteiger charge is -2.18. The Kier molecular flexibility index (Phi) is 5.04. The number of hydrogen-bond donors (Lipinski definition) is 1. The van der Waals surface area contributed by atoms with Crippen LogP contribution in [0, 0.1) is 11.6 Å². The Labute approximate surface area is 164 Å². The molecule has 0 aliphatic rings. The molecule has 0 spiro atoms. The first-order valence-electron chi connectivity index (χ1n) is 8.46. The van der Waals surface area contributed by atoms with Gasteiger partial charge >= 0.3 is 0 Å². The molecular formula is C21H14ClF2N3O. The first kappa shape index (κ1) is 18.1. The standard InChI is InChI=1S/C21H14ClF2N3O/c22-16-12-14(23)10-11-18(16)25-19(15-8-4-5-9-17(15)24)21-27-26-20(28-21)13-6-2-1-3-7-13/h1-12,19,25H/t19-/m0/s1. The fourth-order valence-corrected chi connectivity index (χ4v) is 3.01. The van der Waals surface area contributed by atoms with E-state index in [9.17, 15) is 8.78 Å². The predicted molar refractivity (Wildman–Crippen MR) is 103 cm³/mol. The highest BCUT2D eigenvalue weighted by molar-refractivity contribution is 6.33. The number of aromatic nitrogens is 2. The zero-order valence-electron chi connectivity index (χ0n) is 14.4. The molecular weight excluding hydrogens is 384 g/mol. The highest BCUT2D eigenvalue weighted by Gasteiger charge is 2.25. The summed E-state index contributed by atoms with van der Waals surface area (Å²) in [5.41, 5.74) is 1.45. The summed E-state index contributed by atoms with van der Waals surface area (Å²) >= 11 is 6.13. The van der Waals surface area contributed by atoms with E-state index in [-0.39, 0.29) is 10.9 Å². The van der Waals surface area contributed by atoms with Crippen molar-refractivity contribution in [2.24, 2.45) is 0 Å². The lowest BCUT2D eigenvalue weighted by Crippen LogP contribution is -2.15. The Morgan fingerprint density at radius 3 is 2.39 bits per heavy atom. The number of anilines is 1. The highest BCUT2D eigenvalue weighted by atomic mass is 35.5. The van der Waals surface area contributed by atoms with Gasteiger partial charge in [-0.25, -0.2) is 8.78 Å². The van der Waals surface area contributed by atoms with Crippen molar-refractivity contribution in [1.29, 1.82) is 0 Å². The summed E-state index contributed by atoms with van der Waals surface area (Å²) in [5.74, 6) is -0.451. The van der Waals surface area contributed by atoms with Crippen LogP contribution in [0.4, 0.5) is 14.5 Å². The maximum atomic E-state index is 14.5. The van der Waals surface area contributed by atoms with E-state index in [2.05, 4.69) is 15.5 Å². The SMILES string of the molecule is Fc1ccc(N[C@H](c2nnc(-c3ccccc3)o2)c2ccccc2F)c(Cl)c1. The van der Waals surface area contributed by atoms with Crippen molar-refractivity contribution in [3.05, 3.63) is 101 Å². The molecule has 4 aromatic rings. The average Bonchev–Trinajstić information content (AvgIpc) is 3.19. The molecule has 0 radical (unpaired) electrons. The second-order valence-electron chi connectivity index (χ2n) is 6.03. The molecule has 0 fully saturated rings. The first-order valence-corrected chi connectivity index (χ1v) is 8.84. The highest BCUT2D eigenvalue weighted by Crippen LogP contribution is 2.32. The molecule has 7 heteroatoms. The van der Waals surface area contributed by atoms with Gasteiger partial charge in [-0.15, -0.1) is 10.2 Å². The van der Waals surface area contributed by atoms with Crippen LogP contribution in [0.5, 0.6) is 0 Å². The third kappa shape index (κ3) is 3.73. The van der Waals surface area contributed by atoms with Crippen molar-refractivity contribution in [3.63, 3.8) is 0 Å². The molecule has 0 aliphatic heterocycles. The normalized spacial score (nSPS) is 12.0. The van der Waals surface area contributed by atoms with Crippen molar-refractivity contribution in [2.45, 2.75) is 6.04 Å². The Morgan fingerprint density at radius 1 is 0.893 bits per heavy atom. The Morgan fingerprint density at radius 2 is 1.64 bits per heavy atom. The second-order valence-corrected chi connectivity index (χ2v) is 6.44. The van der Waals surface area contributed by atoms with Crippen LogP contribution < -0.4 is 5.32 Å². The number of benzene rings is 3. The van der Waals surface area contributed by atoms with E-state index < -0.39 is 17.7 Å². The van der Waals surface area contributed by atoms with Crippen LogP contribution in [0.3, 0.4) is 0 Å². The summed E-state index contributed by atoms with van der Waals surface area (Å²) in [6, 6.07) is 18.6. The summed E-state index contributed by atoms with van der Waals surface area (Å²) in [6.45, 7) is 0. The summed E-state index contributed by atoms with van der Waals surface area (Å²) in [7, 11) is 0. The molecule has 0 saturated carbocycles. The van der Waals surface area contributed by atoms with Crippen LogP contribution in [0.15, 0.2) is 77.2 Å². The summed E-state index contributed by atoms with van der Waals surface area (Å²) in [4.78, 5) is 0. The van der Waals surface area contributed by atoms with Crippen molar-refractivity contribution in [3.8, 4) is 11.5 Å². The summed E-state index contributed by atoms with van der Waals surface area (Å²) in [5, 5.41) is 11.4. The molecule has 0 amide bonds. The lowest BCUT2D eigenvalue weighted by atomic mass is 10.1. The van der Waals surface area contributed by atoms with Crippen LogP contribution in [0.1, 0.15) is 17.5 Å². The van der Waals surface area contributed by atoms with Crippen LogP contribution in [-0.2, 0) is 0 Å². The minimum absolute atomic E-state index is 0.157. The van der Waals surface area contributed by atoms with Crippen LogP contribution in [0.25, 0.3) is 11.5 Å². The van der Waals surface area contributed by atoms with E-state index in [4.69, 9.17) is 16.0 Å². The summed E-state index contributed by atoms with van der Waals surface area (Å²) < 4.78 is 33.7. The molecule has 28 heavy (non-hydrogen) atoms. The van der Waals surface area contributed by atoms with Gasteiger partial charge in [-0.1, -0.05) is 48.0 Å². The molecule has 1 aromatic heterocycles. The Hall–Kier alpha value is -3.25. The van der Waals surface area contributed by atoms with Gasteiger partial charge in [0, 0.05) is 11.1 Å². The van der Waals surface area contributed by atoms with E-state index in [1.165, 1.54) is 24.3 Å². The zero-order chi connectivity index (χ0) is 19.5. The monoisotopic (exact) mass is 397 g/mol. The van der Waals surface area contributed by atoms with Gasteiger partial charge in [-0.05, 0) is 36.4 Å².